The molecule has 0 fully saturated rings. The molecular weight excluding hydrogens is 305 g/mol. The van der Waals surface area contributed by atoms with Crippen molar-refractivity contribution < 1.29 is 4.74 Å². The van der Waals surface area contributed by atoms with Crippen LogP contribution < -0.4 is 10.5 Å². The molecule has 1 unspecified atom stereocenters. The van der Waals surface area contributed by atoms with Crippen LogP contribution in [0.4, 0.5) is 0 Å². The molecule has 0 saturated heterocycles. The van der Waals surface area contributed by atoms with Gasteiger partial charge in [-0.25, -0.2) is 0 Å². The van der Waals surface area contributed by atoms with Gasteiger partial charge in [-0.2, -0.15) is 0 Å². The molecule has 2 rings (SSSR count). The van der Waals surface area contributed by atoms with E-state index in [2.05, 4.69) is 0 Å². The standard InChI is InChI=1S/C14H12Cl3NO/c1-19-13-3-2-9(15)7-12(13)14(18)8-4-10(16)6-11(17)5-8/h2-7,14H,18H2,1H3. The van der Waals surface area contributed by atoms with Crippen LogP contribution in [-0.2, 0) is 0 Å². The Balaban J connectivity index is 2.48. The van der Waals surface area contributed by atoms with Gasteiger partial charge in [0.1, 0.15) is 5.75 Å². The Kier molecular flexibility index (Phi) is 4.58. The molecule has 0 aliphatic heterocycles. The summed E-state index contributed by atoms with van der Waals surface area (Å²) in [7, 11) is 1.59. The number of halogens is 3. The fourth-order valence-electron chi connectivity index (χ4n) is 1.88. The Bertz CT molecular complexity index is 581. The second-order valence-electron chi connectivity index (χ2n) is 4.07. The molecule has 0 aliphatic rings. The topological polar surface area (TPSA) is 35.2 Å². The molecule has 0 saturated carbocycles. The van der Waals surface area contributed by atoms with E-state index in [1.807, 2.05) is 0 Å². The number of rotatable bonds is 3. The predicted octanol–water partition coefficient (Wildman–Crippen LogP) is 4.70. The summed E-state index contributed by atoms with van der Waals surface area (Å²) in [5.41, 5.74) is 7.83. The average molecular weight is 317 g/mol. The maximum atomic E-state index is 6.24. The largest absolute Gasteiger partial charge is 0.496 e. The van der Waals surface area contributed by atoms with Crippen molar-refractivity contribution in [3.8, 4) is 5.75 Å². The summed E-state index contributed by atoms with van der Waals surface area (Å²) in [6.07, 6.45) is 0. The van der Waals surface area contributed by atoms with Gasteiger partial charge in [-0.3, -0.25) is 0 Å². The summed E-state index contributed by atoms with van der Waals surface area (Å²) in [5.74, 6) is 0.674. The van der Waals surface area contributed by atoms with E-state index in [1.165, 1.54) is 0 Å². The summed E-state index contributed by atoms with van der Waals surface area (Å²) in [6.45, 7) is 0. The van der Waals surface area contributed by atoms with E-state index in [4.69, 9.17) is 45.3 Å². The zero-order valence-corrected chi connectivity index (χ0v) is 12.4. The van der Waals surface area contributed by atoms with Crippen LogP contribution in [0.3, 0.4) is 0 Å². The third-order valence-corrected chi connectivity index (χ3v) is 3.44. The maximum Gasteiger partial charge on any atom is 0.124 e. The minimum atomic E-state index is -0.412. The van der Waals surface area contributed by atoms with Crippen LogP contribution in [-0.4, -0.2) is 7.11 Å². The summed E-state index contributed by atoms with van der Waals surface area (Å²) in [4.78, 5) is 0. The Labute approximate surface area is 127 Å². The first-order valence-electron chi connectivity index (χ1n) is 5.56. The number of nitrogens with two attached hydrogens (primary N) is 1. The lowest BCUT2D eigenvalue weighted by Gasteiger charge is -2.17. The first-order chi connectivity index (χ1) is 9.01. The molecule has 5 heteroatoms. The van der Waals surface area contributed by atoms with Gasteiger partial charge in [-0.05, 0) is 42.0 Å². The zero-order chi connectivity index (χ0) is 14.0. The van der Waals surface area contributed by atoms with E-state index in [-0.39, 0.29) is 0 Å². The minimum absolute atomic E-state index is 0.412. The Hall–Kier alpha value is -0.930. The van der Waals surface area contributed by atoms with Crippen LogP contribution in [0.2, 0.25) is 15.1 Å². The van der Waals surface area contributed by atoms with Crippen LogP contribution in [0, 0.1) is 0 Å². The highest BCUT2D eigenvalue weighted by Crippen LogP contribution is 2.32. The number of hydrogen-bond donors (Lipinski definition) is 1. The van der Waals surface area contributed by atoms with E-state index in [0.717, 1.165) is 11.1 Å². The van der Waals surface area contributed by atoms with E-state index in [1.54, 1.807) is 43.5 Å². The molecule has 2 N–H and O–H groups in total. The molecule has 2 nitrogen and oxygen atoms in total. The maximum absolute atomic E-state index is 6.24. The first-order valence-corrected chi connectivity index (χ1v) is 6.69. The average Bonchev–Trinajstić information content (AvgIpc) is 2.36. The van der Waals surface area contributed by atoms with Gasteiger partial charge in [0.2, 0.25) is 0 Å². The quantitative estimate of drug-likeness (QED) is 0.890. The highest BCUT2D eigenvalue weighted by molar-refractivity contribution is 6.34. The number of hydrogen-bond acceptors (Lipinski definition) is 2. The van der Waals surface area contributed by atoms with Crippen LogP contribution in [0.25, 0.3) is 0 Å². The molecular formula is C14H12Cl3NO. The van der Waals surface area contributed by atoms with Gasteiger partial charge in [0.15, 0.2) is 0 Å². The van der Waals surface area contributed by atoms with E-state index in [9.17, 15) is 0 Å². The van der Waals surface area contributed by atoms with Crippen molar-refractivity contribution in [3.63, 3.8) is 0 Å². The van der Waals surface area contributed by atoms with Crippen molar-refractivity contribution in [2.24, 2.45) is 5.73 Å². The smallest absolute Gasteiger partial charge is 0.124 e. The van der Waals surface area contributed by atoms with Gasteiger partial charge in [0.25, 0.3) is 0 Å². The summed E-state index contributed by atoms with van der Waals surface area (Å²) >= 11 is 18.0. The molecule has 0 heterocycles. The number of ether oxygens (including phenoxy) is 1. The van der Waals surface area contributed by atoms with Gasteiger partial charge >= 0.3 is 0 Å². The van der Waals surface area contributed by atoms with E-state index < -0.39 is 6.04 Å². The third kappa shape index (κ3) is 3.34. The normalized spacial score (nSPS) is 12.3. The molecule has 100 valence electrons. The molecule has 2 aromatic rings. The summed E-state index contributed by atoms with van der Waals surface area (Å²) < 4.78 is 5.30. The second kappa shape index (κ2) is 6.02. The second-order valence-corrected chi connectivity index (χ2v) is 5.38. The summed E-state index contributed by atoms with van der Waals surface area (Å²) in [6, 6.07) is 10.1. The van der Waals surface area contributed by atoms with Crippen molar-refractivity contribution in [1.82, 2.24) is 0 Å². The highest BCUT2D eigenvalue weighted by atomic mass is 35.5. The monoisotopic (exact) mass is 315 g/mol. The molecule has 0 bridgehead atoms. The number of benzene rings is 2. The van der Waals surface area contributed by atoms with Crippen LogP contribution >= 0.6 is 34.8 Å². The van der Waals surface area contributed by atoms with Crippen molar-refractivity contribution >= 4 is 34.8 Å². The fraction of sp³-hybridized carbons (Fsp3) is 0.143. The van der Waals surface area contributed by atoms with Crippen LogP contribution in [0.1, 0.15) is 17.2 Å². The molecule has 0 aromatic heterocycles. The molecule has 19 heavy (non-hydrogen) atoms. The lowest BCUT2D eigenvalue weighted by atomic mass is 9.99. The Morgan fingerprint density at radius 1 is 0.947 bits per heavy atom. The van der Waals surface area contributed by atoms with Crippen molar-refractivity contribution in [2.75, 3.05) is 7.11 Å². The van der Waals surface area contributed by atoms with Crippen LogP contribution in [0.15, 0.2) is 36.4 Å². The van der Waals surface area contributed by atoms with Gasteiger partial charge in [0.05, 0.1) is 13.2 Å². The van der Waals surface area contributed by atoms with Crippen LogP contribution in [0.5, 0.6) is 5.75 Å². The Morgan fingerprint density at radius 3 is 2.16 bits per heavy atom. The lowest BCUT2D eigenvalue weighted by Crippen LogP contribution is -2.13. The molecule has 1 atom stereocenters. The van der Waals surface area contributed by atoms with Crippen molar-refractivity contribution in [2.45, 2.75) is 6.04 Å². The molecule has 0 radical (unpaired) electrons. The molecule has 2 aromatic carbocycles. The SMILES string of the molecule is COc1ccc(Cl)cc1C(N)c1cc(Cl)cc(Cl)c1. The first kappa shape index (κ1) is 14.5. The lowest BCUT2D eigenvalue weighted by molar-refractivity contribution is 0.408. The zero-order valence-electron chi connectivity index (χ0n) is 10.2. The van der Waals surface area contributed by atoms with E-state index in [0.29, 0.717) is 20.8 Å². The van der Waals surface area contributed by atoms with E-state index >= 15 is 0 Å². The van der Waals surface area contributed by atoms with Crippen molar-refractivity contribution in [1.29, 1.82) is 0 Å². The molecule has 0 amide bonds. The van der Waals surface area contributed by atoms with Gasteiger partial charge in [0, 0.05) is 20.6 Å². The number of methoxy groups -OCH3 is 1. The van der Waals surface area contributed by atoms with Crippen molar-refractivity contribution in [3.05, 3.63) is 62.6 Å². The third-order valence-electron chi connectivity index (χ3n) is 2.77. The predicted molar refractivity (Wildman–Crippen MR) is 80.5 cm³/mol. The molecule has 0 aliphatic carbocycles. The summed E-state index contributed by atoms with van der Waals surface area (Å²) in [5, 5.41) is 1.68. The van der Waals surface area contributed by atoms with Gasteiger partial charge in [-0.1, -0.05) is 34.8 Å². The Morgan fingerprint density at radius 2 is 1.58 bits per heavy atom. The molecule has 0 spiro atoms. The van der Waals surface area contributed by atoms with Gasteiger partial charge in [-0.15, -0.1) is 0 Å². The highest BCUT2D eigenvalue weighted by Gasteiger charge is 2.15. The van der Waals surface area contributed by atoms with Gasteiger partial charge < -0.3 is 10.5 Å². The fourth-order valence-corrected chi connectivity index (χ4v) is 2.61. The minimum Gasteiger partial charge on any atom is -0.496 e.